The second-order valence-corrected chi connectivity index (χ2v) is 9.17. The van der Waals surface area contributed by atoms with Crippen molar-refractivity contribution in [2.45, 2.75) is 70.6 Å². The Morgan fingerprint density at radius 3 is 2.63 bits per heavy atom. The van der Waals surface area contributed by atoms with Gasteiger partial charge in [-0.3, -0.25) is 9.78 Å². The number of rotatable bonds is 10. The van der Waals surface area contributed by atoms with Crippen molar-refractivity contribution in [3.63, 3.8) is 0 Å². The van der Waals surface area contributed by atoms with Gasteiger partial charge in [0.2, 0.25) is 5.88 Å². The van der Waals surface area contributed by atoms with Gasteiger partial charge in [0.1, 0.15) is 5.52 Å². The maximum atomic E-state index is 13.5. The lowest BCUT2D eigenvalue weighted by Gasteiger charge is -2.35. The molecule has 1 aliphatic carbocycles. The zero-order chi connectivity index (χ0) is 24.8. The summed E-state index contributed by atoms with van der Waals surface area (Å²) in [4.78, 5) is 27.0. The number of aromatic nitrogens is 4. The van der Waals surface area contributed by atoms with E-state index in [0.29, 0.717) is 61.0 Å². The molecule has 0 bridgehead atoms. The van der Waals surface area contributed by atoms with E-state index in [-0.39, 0.29) is 11.6 Å². The van der Waals surface area contributed by atoms with Crippen LogP contribution in [-0.2, 0) is 11.3 Å². The van der Waals surface area contributed by atoms with Gasteiger partial charge in [0.05, 0.1) is 36.7 Å². The first kappa shape index (κ1) is 25.1. The topological polar surface area (TPSA) is 111 Å². The Hall–Kier alpha value is -3.04. The Kier molecular flexibility index (Phi) is 7.97. The molecule has 3 heterocycles. The van der Waals surface area contributed by atoms with Crippen LogP contribution in [0.5, 0.6) is 5.88 Å². The highest BCUT2D eigenvalue weighted by Gasteiger charge is 2.32. The molecule has 1 saturated carbocycles. The highest BCUT2D eigenvalue weighted by atomic mass is 16.5. The molecule has 1 fully saturated rings. The molecule has 0 saturated heterocycles. The van der Waals surface area contributed by atoms with Crippen LogP contribution in [0.1, 0.15) is 52.4 Å². The van der Waals surface area contributed by atoms with Gasteiger partial charge in [0, 0.05) is 37.0 Å². The zero-order valence-electron chi connectivity index (χ0n) is 20.8. The van der Waals surface area contributed by atoms with Crippen LogP contribution in [0.2, 0.25) is 0 Å². The number of fused-ring (bicyclic) bond motifs is 1. The molecule has 1 aliphatic rings. The largest absolute Gasteiger partial charge is 0.481 e. The Bertz CT molecular complexity index is 1190. The Morgan fingerprint density at radius 1 is 1.17 bits per heavy atom. The van der Waals surface area contributed by atoms with Crippen LogP contribution >= 0.6 is 0 Å². The number of nitrogens with one attached hydrogen (secondary N) is 1. The first-order valence-electron chi connectivity index (χ1n) is 12.4. The average Bonchev–Trinajstić information content (AvgIpc) is 2.89. The van der Waals surface area contributed by atoms with E-state index in [9.17, 15) is 9.90 Å². The van der Waals surface area contributed by atoms with Crippen LogP contribution < -0.4 is 15.6 Å². The molecule has 3 aromatic rings. The monoisotopic (exact) mass is 481 g/mol. The molecule has 4 rings (SSSR count). The van der Waals surface area contributed by atoms with Gasteiger partial charge < -0.3 is 24.5 Å². The summed E-state index contributed by atoms with van der Waals surface area (Å²) in [5, 5.41) is 13.9. The van der Waals surface area contributed by atoms with Gasteiger partial charge in [0.15, 0.2) is 5.82 Å². The lowest BCUT2D eigenvalue weighted by molar-refractivity contribution is -0.00196. The van der Waals surface area contributed by atoms with Gasteiger partial charge in [-0.15, -0.1) is 0 Å². The number of aliphatic hydroxyl groups is 1. The van der Waals surface area contributed by atoms with Gasteiger partial charge in [-0.25, -0.2) is 9.97 Å². The molecule has 0 aliphatic heterocycles. The molecule has 0 amide bonds. The van der Waals surface area contributed by atoms with Crippen molar-refractivity contribution in [2.24, 2.45) is 0 Å². The third-order valence-electron chi connectivity index (χ3n) is 6.80. The van der Waals surface area contributed by atoms with Gasteiger partial charge in [-0.1, -0.05) is 13.8 Å². The molecular formula is C26H35N5O4. The molecule has 0 unspecified atom stereocenters. The SMILES string of the molecule is CCCOCCn1c(=O)c(NC2CCC(O)(CC)CC2)nc2cnc(-c3ccc(OC)nc3)cc21. The molecule has 35 heavy (non-hydrogen) atoms. The maximum absolute atomic E-state index is 13.5. The number of nitrogens with zero attached hydrogens (tertiary/aromatic N) is 4. The van der Waals surface area contributed by atoms with E-state index in [4.69, 9.17) is 9.47 Å². The summed E-state index contributed by atoms with van der Waals surface area (Å²) in [6.45, 7) is 5.57. The van der Waals surface area contributed by atoms with Crippen LogP contribution in [0, 0.1) is 0 Å². The number of hydrogen-bond acceptors (Lipinski definition) is 8. The zero-order valence-corrected chi connectivity index (χ0v) is 20.8. The summed E-state index contributed by atoms with van der Waals surface area (Å²) in [7, 11) is 1.57. The second kappa shape index (κ2) is 11.1. The van der Waals surface area contributed by atoms with Crippen molar-refractivity contribution in [3.05, 3.63) is 40.9 Å². The average molecular weight is 482 g/mol. The van der Waals surface area contributed by atoms with E-state index in [0.717, 1.165) is 31.2 Å². The van der Waals surface area contributed by atoms with Gasteiger partial charge in [0.25, 0.3) is 5.56 Å². The molecule has 9 heteroatoms. The predicted octanol–water partition coefficient (Wildman–Crippen LogP) is 3.78. The molecule has 0 radical (unpaired) electrons. The van der Waals surface area contributed by atoms with Crippen LogP contribution in [0.4, 0.5) is 5.82 Å². The highest BCUT2D eigenvalue weighted by Crippen LogP contribution is 2.32. The lowest BCUT2D eigenvalue weighted by Crippen LogP contribution is -2.39. The smallest absolute Gasteiger partial charge is 0.293 e. The number of ether oxygens (including phenoxy) is 2. The van der Waals surface area contributed by atoms with E-state index in [1.165, 1.54) is 0 Å². The fourth-order valence-electron chi connectivity index (χ4n) is 4.52. The summed E-state index contributed by atoms with van der Waals surface area (Å²) in [5.41, 5.74) is 2.08. The second-order valence-electron chi connectivity index (χ2n) is 9.17. The molecule has 0 spiro atoms. The minimum absolute atomic E-state index is 0.0990. The summed E-state index contributed by atoms with van der Waals surface area (Å²) in [6, 6.07) is 5.64. The summed E-state index contributed by atoms with van der Waals surface area (Å²) in [6.07, 6.45) is 8.08. The molecule has 0 aromatic carbocycles. The van der Waals surface area contributed by atoms with Crippen molar-refractivity contribution in [2.75, 3.05) is 25.6 Å². The minimum Gasteiger partial charge on any atom is -0.481 e. The highest BCUT2D eigenvalue weighted by molar-refractivity contribution is 5.80. The number of anilines is 1. The standard InChI is InChI=1S/C26H35N5O4/c1-4-13-35-14-12-31-22-15-20(18-6-7-23(34-3)28-16-18)27-17-21(22)30-24(25(31)32)29-19-8-10-26(33,5-2)11-9-19/h6-7,15-17,19,33H,4-5,8-14H2,1-3H3,(H,29,30). The Morgan fingerprint density at radius 2 is 1.97 bits per heavy atom. The molecule has 9 nitrogen and oxygen atoms in total. The fourth-order valence-corrected chi connectivity index (χ4v) is 4.52. The molecular weight excluding hydrogens is 446 g/mol. The predicted molar refractivity (Wildman–Crippen MR) is 136 cm³/mol. The maximum Gasteiger partial charge on any atom is 0.293 e. The van der Waals surface area contributed by atoms with E-state index >= 15 is 0 Å². The third-order valence-corrected chi connectivity index (χ3v) is 6.80. The van der Waals surface area contributed by atoms with Crippen molar-refractivity contribution in [1.29, 1.82) is 0 Å². The van der Waals surface area contributed by atoms with Crippen molar-refractivity contribution in [3.8, 4) is 17.1 Å². The van der Waals surface area contributed by atoms with Crippen LogP contribution in [0.3, 0.4) is 0 Å². The van der Waals surface area contributed by atoms with Gasteiger partial charge >= 0.3 is 0 Å². The summed E-state index contributed by atoms with van der Waals surface area (Å²) in [5.74, 6) is 0.845. The van der Waals surface area contributed by atoms with E-state index in [2.05, 4.69) is 27.2 Å². The van der Waals surface area contributed by atoms with Crippen LogP contribution in [0.15, 0.2) is 35.4 Å². The number of pyridine rings is 2. The lowest BCUT2D eigenvalue weighted by atomic mass is 9.80. The fraction of sp³-hybridized carbons (Fsp3) is 0.538. The number of methoxy groups -OCH3 is 1. The minimum atomic E-state index is -0.595. The Balaban J connectivity index is 1.66. The normalized spacial score (nSPS) is 20.2. The van der Waals surface area contributed by atoms with E-state index < -0.39 is 5.60 Å². The van der Waals surface area contributed by atoms with Crippen LogP contribution in [-0.4, -0.2) is 56.6 Å². The van der Waals surface area contributed by atoms with Crippen LogP contribution in [0.25, 0.3) is 22.3 Å². The van der Waals surface area contributed by atoms with Gasteiger partial charge in [-0.05, 0) is 50.7 Å². The summed E-state index contributed by atoms with van der Waals surface area (Å²) >= 11 is 0. The number of hydrogen-bond donors (Lipinski definition) is 2. The molecule has 2 N–H and O–H groups in total. The van der Waals surface area contributed by atoms with Gasteiger partial charge in [-0.2, -0.15) is 0 Å². The van der Waals surface area contributed by atoms with Crippen molar-refractivity contribution < 1.29 is 14.6 Å². The molecule has 3 aromatic heterocycles. The molecule has 0 atom stereocenters. The Labute approximate surface area is 205 Å². The van der Waals surface area contributed by atoms with E-state index in [1.807, 2.05) is 19.1 Å². The third kappa shape index (κ3) is 5.79. The van der Waals surface area contributed by atoms with Crippen molar-refractivity contribution in [1.82, 2.24) is 19.5 Å². The van der Waals surface area contributed by atoms with E-state index in [1.54, 1.807) is 30.1 Å². The summed E-state index contributed by atoms with van der Waals surface area (Å²) < 4.78 is 12.6. The van der Waals surface area contributed by atoms with Crippen molar-refractivity contribution >= 4 is 16.9 Å². The first-order valence-corrected chi connectivity index (χ1v) is 12.4. The quantitative estimate of drug-likeness (QED) is 0.421. The molecule has 188 valence electrons. The first-order chi connectivity index (χ1) is 17.0.